The molecule has 14 nitrogen and oxygen atoms in total. The lowest BCUT2D eigenvalue weighted by Crippen LogP contribution is -2.03. The van der Waals surface area contributed by atoms with Crippen LogP contribution in [0.25, 0.3) is 90.9 Å². The third-order valence-electron chi connectivity index (χ3n) is 11.2. The topological polar surface area (TPSA) is 196 Å². The number of hydrogen-bond acceptors (Lipinski definition) is 10. The summed E-state index contributed by atoms with van der Waals surface area (Å²) >= 11 is 0. The van der Waals surface area contributed by atoms with Crippen LogP contribution in [0.3, 0.4) is 0 Å². The van der Waals surface area contributed by atoms with E-state index in [9.17, 15) is 29.8 Å². The Labute approximate surface area is 364 Å². The van der Waals surface area contributed by atoms with Gasteiger partial charge in [0.05, 0.1) is 69.1 Å². The van der Waals surface area contributed by atoms with E-state index in [0.29, 0.717) is 67.1 Å². The van der Waals surface area contributed by atoms with Gasteiger partial charge in [-0.05, 0) is 97.8 Å². The number of aromatic amines is 2. The molecule has 4 aromatic carbocycles. The van der Waals surface area contributed by atoms with E-state index in [1.54, 1.807) is 24.3 Å². The molecule has 0 unspecified atom stereocenters. The van der Waals surface area contributed by atoms with Gasteiger partial charge < -0.3 is 19.4 Å². The molecule has 7 aromatic rings. The number of hydrogen-bond donors (Lipinski definition) is 2. The van der Waals surface area contributed by atoms with Crippen molar-refractivity contribution in [2.45, 2.75) is 13.8 Å². The number of benzene rings is 4. The number of aromatic nitrogens is 4. The molecule has 3 aromatic heterocycles. The summed E-state index contributed by atoms with van der Waals surface area (Å²) in [7, 11) is 2.49. The zero-order valence-corrected chi connectivity index (χ0v) is 34.8. The first-order valence-electron chi connectivity index (χ1n) is 20.0. The highest BCUT2D eigenvalue weighted by atomic mass is 16.6. The third-order valence-corrected chi connectivity index (χ3v) is 11.2. The Hall–Kier alpha value is -8.78. The molecule has 5 heterocycles. The Morgan fingerprint density at radius 1 is 0.484 bits per heavy atom. The number of nitro benzene ring substituents is 2. The first-order chi connectivity index (χ1) is 30.9. The second-order valence-electron chi connectivity index (χ2n) is 15.2. The molecule has 0 spiro atoms. The van der Waals surface area contributed by atoms with Crippen molar-refractivity contribution in [2.75, 3.05) is 14.2 Å². The van der Waals surface area contributed by atoms with Crippen LogP contribution < -0.4 is 0 Å². The molecule has 0 fully saturated rings. The van der Waals surface area contributed by atoms with E-state index in [1.807, 2.05) is 86.6 Å². The van der Waals surface area contributed by atoms with Crippen LogP contribution in [-0.4, -0.2) is 55.9 Å². The summed E-state index contributed by atoms with van der Waals surface area (Å²) in [5.74, 6) is -1.34. The first kappa shape index (κ1) is 40.6. The fourth-order valence-corrected chi connectivity index (χ4v) is 8.10. The zero-order chi connectivity index (χ0) is 44.8. The lowest BCUT2D eigenvalue weighted by Gasteiger charge is -2.09. The monoisotopic (exact) mass is 848 g/mol. The summed E-state index contributed by atoms with van der Waals surface area (Å²) in [5, 5.41) is 25.5. The minimum Gasteiger partial charge on any atom is -0.465 e. The first-order valence-corrected chi connectivity index (χ1v) is 20.0. The van der Waals surface area contributed by atoms with E-state index in [2.05, 4.69) is 9.97 Å². The van der Waals surface area contributed by atoms with Gasteiger partial charge in [-0.3, -0.25) is 20.2 Å². The van der Waals surface area contributed by atoms with Crippen molar-refractivity contribution < 1.29 is 28.9 Å². The number of nitro groups is 2. The highest BCUT2D eigenvalue weighted by Crippen LogP contribution is 2.42. The smallest absolute Gasteiger partial charge is 0.337 e. The molecule has 0 saturated carbocycles. The maximum Gasteiger partial charge on any atom is 0.337 e. The number of esters is 2. The summed E-state index contributed by atoms with van der Waals surface area (Å²) in [4.78, 5) is 67.7. The average Bonchev–Trinajstić information content (AvgIpc) is 4.15. The second-order valence-corrected chi connectivity index (χ2v) is 15.2. The molecule has 314 valence electrons. The molecule has 2 aliphatic heterocycles. The maximum atomic E-state index is 12.9. The molecule has 64 heavy (non-hydrogen) atoms. The number of nitrogens with one attached hydrogen (secondary N) is 2. The van der Waals surface area contributed by atoms with Gasteiger partial charge in [-0.25, -0.2) is 19.6 Å². The predicted octanol–water partition coefficient (Wildman–Crippen LogP) is 11.3. The van der Waals surface area contributed by atoms with Crippen molar-refractivity contribution in [1.29, 1.82) is 0 Å². The van der Waals surface area contributed by atoms with Crippen molar-refractivity contribution in [3.8, 4) is 44.5 Å². The number of rotatable bonds is 8. The van der Waals surface area contributed by atoms with Crippen molar-refractivity contribution in [1.82, 2.24) is 19.9 Å². The Kier molecular flexibility index (Phi) is 10.3. The number of aryl methyl sites for hydroxylation is 2. The molecular formula is C50H36N6O8. The highest BCUT2D eigenvalue weighted by Gasteiger charge is 2.27. The minimum absolute atomic E-state index is 0.0994. The van der Waals surface area contributed by atoms with E-state index < -0.39 is 21.8 Å². The van der Waals surface area contributed by atoms with Gasteiger partial charge in [-0.2, -0.15) is 0 Å². The summed E-state index contributed by atoms with van der Waals surface area (Å²) in [6.07, 6.45) is 7.12. The van der Waals surface area contributed by atoms with Crippen LogP contribution in [0, 0.1) is 34.1 Å². The standard InChI is InChI=1S/C50H36N6O8/c1-27-5-9-29(10-6-27)45-35-15-19-39(51-35)47(33-25-31(49(57)63-3)13-23-43(33)55(59)60)41-21-17-37(53-41)46(30-11-7-28(2)8-12-30)38-18-22-42(54-38)48(40-20-16-36(45)52-40)34-26-32(50(58)64-4)14-24-44(34)56(61)62/h5-26,51,53H,1-4H3. The van der Waals surface area contributed by atoms with Gasteiger partial charge in [0.1, 0.15) is 0 Å². The molecule has 9 rings (SSSR count). The highest BCUT2D eigenvalue weighted by molar-refractivity contribution is 6.03. The zero-order valence-electron chi connectivity index (χ0n) is 34.8. The number of H-pyrrole nitrogens is 2. The lowest BCUT2D eigenvalue weighted by molar-refractivity contribution is -0.384. The molecule has 2 aliphatic rings. The molecule has 0 saturated heterocycles. The van der Waals surface area contributed by atoms with E-state index >= 15 is 0 Å². The van der Waals surface area contributed by atoms with Crippen molar-refractivity contribution in [2.24, 2.45) is 0 Å². The van der Waals surface area contributed by atoms with Crippen LogP contribution in [0.4, 0.5) is 11.4 Å². The van der Waals surface area contributed by atoms with E-state index in [-0.39, 0.29) is 33.6 Å². The van der Waals surface area contributed by atoms with Crippen LogP contribution in [-0.2, 0) is 9.47 Å². The second kappa shape index (κ2) is 16.2. The van der Waals surface area contributed by atoms with E-state index in [0.717, 1.165) is 22.3 Å². The van der Waals surface area contributed by atoms with Gasteiger partial charge in [0.15, 0.2) is 0 Å². The molecule has 0 atom stereocenters. The van der Waals surface area contributed by atoms with Gasteiger partial charge in [-0.15, -0.1) is 0 Å². The molecule has 14 heteroatoms. The number of nitrogens with zero attached hydrogens (tertiary/aromatic N) is 4. The molecule has 0 radical (unpaired) electrons. The van der Waals surface area contributed by atoms with Gasteiger partial charge in [-0.1, -0.05) is 59.7 Å². The lowest BCUT2D eigenvalue weighted by atomic mass is 9.98. The molecule has 2 N–H and O–H groups in total. The van der Waals surface area contributed by atoms with Crippen LogP contribution >= 0.6 is 0 Å². The molecule has 0 aliphatic carbocycles. The molecule has 0 amide bonds. The number of ether oxygens (including phenoxy) is 2. The fourth-order valence-electron chi connectivity index (χ4n) is 8.10. The summed E-state index contributed by atoms with van der Waals surface area (Å²) < 4.78 is 10.1. The van der Waals surface area contributed by atoms with E-state index in [4.69, 9.17) is 19.4 Å². The number of fused-ring (bicyclic) bond motifs is 8. The summed E-state index contributed by atoms with van der Waals surface area (Å²) in [5.41, 5.74) is 9.36. The Balaban J connectivity index is 1.50. The molecular weight excluding hydrogens is 813 g/mol. The number of carbonyl (C=O) groups is 2. The van der Waals surface area contributed by atoms with Crippen molar-refractivity contribution in [3.63, 3.8) is 0 Å². The number of carbonyl (C=O) groups excluding carboxylic acids is 2. The van der Waals surface area contributed by atoms with Gasteiger partial charge in [0.2, 0.25) is 0 Å². The van der Waals surface area contributed by atoms with Crippen LogP contribution in [0.15, 0.2) is 109 Å². The summed E-state index contributed by atoms with van der Waals surface area (Å²) in [6.45, 7) is 3.94. The van der Waals surface area contributed by atoms with Crippen LogP contribution in [0.5, 0.6) is 0 Å². The van der Waals surface area contributed by atoms with Crippen LogP contribution in [0.2, 0.25) is 0 Å². The summed E-state index contributed by atoms with van der Waals surface area (Å²) in [6, 6.07) is 31.1. The Morgan fingerprint density at radius 2 is 0.828 bits per heavy atom. The largest absolute Gasteiger partial charge is 0.465 e. The third kappa shape index (κ3) is 7.28. The van der Waals surface area contributed by atoms with Gasteiger partial charge >= 0.3 is 11.9 Å². The van der Waals surface area contributed by atoms with Gasteiger partial charge in [0.25, 0.3) is 11.4 Å². The van der Waals surface area contributed by atoms with Crippen molar-refractivity contribution in [3.05, 3.63) is 174 Å². The van der Waals surface area contributed by atoms with Gasteiger partial charge in [0, 0.05) is 56.5 Å². The number of methoxy groups -OCH3 is 2. The average molecular weight is 849 g/mol. The minimum atomic E-state index is -0.675. The maximum absolute atomic E-state index is 12.9. The Morgan fingerprint density at radius 3 is 1.19 bits per heavy atom. The van der Waals surface area contributed by atoms with Crippen LogP contribution in [0.1, 0.15) is 54.6 Å². The SMILES string of the molecule is COC(=O)c1ccc([N+](=O)[O-])c(-c2c3nc(c(-c4ccc(C)cc4)c4ccc([nH]4)c(-c4cc(C(=O)OC)ccc4[N+](=O)[O-])c4ccc([nH]4)c(-c4ccc(C)cc4)c4nc2C=C4)C=C3)c1. The fraction of sp³-hybridized carbons (Fsp3) is 0.0800. The van der Waals surface area contributed by atoms with E-state index in [1.165, 1.54) is 50.6 Å². The predicted molar refractivity (Wildman–Crippen MR) is 246 cm³/mol. The van der Waals surface area contributed by atoms with Crippen molar-refractivity contribution >= 4 is 69.7 Å². The molecule has 8 bridgehead atoms. The quantitative estimate of drug-likeness (QED) is 0.0843. The normalized spacial score (nSPS) is 11.7. The Bertz CT molecular complexity index is 3220.